The molecule has 2 rings (SSSR count). The van der Waals surface area contributed by atoms with Crippen LogP contribution in [0.5, 0.6) is 5.75 Å². The molecule has 0 amide bonds. The van der Waals surface area contributed by atoms with E-state index in [9.17, 15) is 0 Å². The third kappa shape index (κ3) is 2.61. The van der Waals surface area contributed by atoms with Gasteiger partial charge in [-0.05, 0) is 49.6 Å². The van der Waals surface area contributed by atoms with E-state index in [0.29, 0.717) is 12.5 Å². The molecule has 2 N–H and O–H groups in total. The lowest BCUT2D eigenvalue weighted by atomic mass is 9.89. The normalized spacial score (nSPS) is 24.6. The van der Waals surface area contributed by atoms with Crippen LogP contribution in [0.3, 0.4) is 0 Å². The van der Waals surface area contributed by atoms with Crippen molar-refractivity contribution >= 4 is 0 Å². The SMILES string of the molecule is COc1ccc(C2OCCCC2CN)cc1C. The van der Waals surface area contributed by atoms with Gasteiger partial charge in [-0.1, -0.05) is 6.07 Å². The second kappa shape index (κ2) is 5.52. The monoisotopic (exact) mass is 235 g/mol. The second-order valence-electron chi connectivity index (χ2n) is 4.66. The first-order valence-electron chi connectivity index (χ1n) is 6.22. The van der Waals surface area contributed by atoms with Gasteiger partial charge in [0.2, 0.25) is 0 Å². The van der Waals surface area contributed by atoms with Crippen LogP contribution in [0.25, 0.3) is 0 Å². The van der Waals surface area contributed by atoms with Crippen molar-refractivity contribution in [1.29, 1.82) is 0 Å². The number of methoxy groups -OCH3 is 1. The van der Waals surface area contributed by atoms with E-state index >= 15 is 0 Å². The van der Waals surface area contributed by atoms with Crippen LogP contribution in [0.1, 0.15) is 30.1 Å². The first-order valence-corrected chi connectivity index (χ1v) is 6.22. The van der Waals surface area contributed by atoms with Gasteiger partial charge in [0.15, 0.2) is 0 Å². The molecule has 1 heterocycles. The smallest absolute Gasteiger partial charge is 0.121 e. The van der Waals surface area contributed by atoms with Gasteiger partial charge in [0.05, 0.1) is 13.2 Å². The van der Waals surface area contributed by atoms with Crippen molar-refractivity contribution in [2.45, 2.75) is 25.9 Å². The van der Waals surface area contributed by atoms with Crippen LogP contribution in [0.15, 0.2) is 18.2 Å². The molecule has 1 aromatic rings. The average Bonchev–Trinajstić information content (AvgIpc) is 2.38. The highest BCUT2D eigenvalue weighted by molar-refractivity contribution is 5.37. The van der Waals surface area contributed by atoms with E-state index in [-0.39, 0.29) is 6.10 Å². The van der Waals surface area contributed by atoms with Crippen LogP contribution in [0, 0.1) is 12.8 Å². The summed E-state index contributed by atoms with van der Waals surface area (Å²) in [6, 6.07) is 6.25. The molecule has 0 saturated carbocycles. The fraction of sp³-hybridized carbons (Fsp3) is 0.571. The number of nitrogens with two attached hydrogens (primary N) is 1. The molecule has 0 aromatic heterocycles. The number of ether oxygens (including phenoxy) is 2. The number of hydrogen-bond acceptors (Lipinski definition) is 3. The fourth-order valence-corrected chi connectivity index (χ4v) is 2.53. The summed E-state index contributed by atoms with van der Waals surface area (Å²) in [5.41, 5.74) is 8.19. The van der Waals surface area contributed by atoms with E-state index in [4.69, 9.17) is 15.2 Å². The number of benzene rings is 1. The van der Waals surface area contributed by atoms with Crippen molar-refractivity contribution in [1.82, 2.24) is 0 Å². The molecule has 2 atom stereocenters. The first kappa shape index (κ1) is 12.4. The summed E-state index contributed by atoms with van der Waals surface area (Å²) in [6.07, 6.45) is 2.43. The summed E-state index contributed by atoms with van der Waals surface area (Å²) in [4.78, 5) is 0. The maximum atomic E-state index is 5.88. The zero-order valence-corrected chi connectivity index (χ0v) is 10.6. The Morgan fingerprint density at radius 1 is 1.47 bits per heavy atom. The third-order valence-corrected chi connectivity index (χ3v) is 3.49. The van der Waals surface area contributed by atoms with Crippen LogP contribution < -0.4 is 10.5 Å². The highest BCUT2D eigenvalue weighted by atomic mass is 16.5. The molecule has 1 saturated heterocycles. The molecule has 1 aliphatic heterocycles. The second-order valence-corrected chi connectivity index (χ2v) is 4.66. The van der Waals surface area contributed by atoms with Gasteiger partial charge in [0.1, 0.15) is 5.75 Å². The summed E-state index contributed by atoms with van der Waals surface area (Å²) in [5.74, 6) is 1.37. The molecule has 1 aliphatic rings. The topological polar surface area (TPSA) is 44.5 Å². The van der Waals surface area contributed by atoms with Crippen LogP contribution in [-0.4, -0.2) is 20.3 Å². The van der Waals surface area contributed by atoms with Crippen molar-refractivity contribution in [3.05, 3.63) is 29.3 Å². The molecule has 0 spiro atoms. The Balaban J connectivity index is 2.23. The van der Waals surface area contributed by atoms with Gasteiger partial charge in [0, 0.05) is 12.5 Å². The Hall–Kier alpha value is -1.06. The van der Waals surface area contributed by atoms with Crippen molar-refractivity contribution in [3.63, 3.8) is 0 Å². The minimum Gasteiger partial charge on any atom is -0.496 e. The molecule has 0 aliphatic carbocycles. The van der Waals surface area contributed by atoms with Crippen molar-refractivity contribution < 1.29 is 9.47 Å². The molecule has 1 aromatic carbocycles. The van der Waals surface area contributed by atoms with Gasteiger partial charge in [-0.3, -0.25) is 0 Å². The van der Waals surface area contributed by atoms with Gasteiger partial charge in [-0.2, -0.15) is 0 Å². The summed E-state index contributed by atoms with van der Waals surface area (Å²) in [7, 11) is 1.70. The molecule has 0 bridgehead atoms. The fourth-order valence-electron chi connectivity index (χ4n) is 2.53. The van der Waals surface area contributed by atoms with Crippen LogP contribution >= 0.6 is 0 Å². The van der Waals surface area contributed by atoms with Gasteiger partial charge < -0.3 is 15.2 Å². The summed E-state index contributed by atoms with van der Waals surface area (Å²) in [5, 5.41) is 0. The highest BCUT2D eigenvalue weighted by Gasteiger charge is 2.26. The lowest BCUT2D eigenvalue weighted by Gasteiger charge is -2.31. The van der Waals surface area contributed by atoms with Gasteiger partial charge in [0.25, 0.3) is 0 Å². The molecule has 94 valence electrons. The highest BCUT2D eigenvalue weighted by Crippen LogP contribution is 2.34. The van der Waals surface area contributed by atoms with Gasteiger partial charge in [-0.15, -0.1) is 0 Å². The number of hydrogen-bond donors (Lipinski definition) is 1. The Kier molecular flexibility index (Phi) is 4.02. The van der Waals surface area contributed by atoms with E-state index in [0.717, 1.165) is 30.8 Å². The number of rotatable bonds is 3. The maximum absolute atomic E-state index is 5.88. The zero-order valence-electron chi connectivity index (χ0n) is 10.6. The lowest BCUT2D eigenvalue weighted by Crippen LogP contribution is -2.28. The minimum absolute atomic E-state index is 0.151. The molecule has 3 nitrogen and oxygen atoms in total. The maximum Gasteiger partial charge on any atom is 0.121 e. The minimum atomic E-state index is 0.151. The Bertz CT molecular complexity index is 378. The standard InChI is InChI=1S/C14H21NO2/c1-10-8-11(5-6-13(10)16-2)14-12(9-15)4-3-7-17-14/h5-6,8,12,14H,3-4,7,9,15H2,1-2H3. The zero-order chi connectivity index (χ0) is 12.3. The first-order chi connectivity index (χ1) is 8.26. The van der Waals surface area contributed by atoms with Crippen molar-refractivity contribution in [3.8, 4) is 5.75 Å². The van der Waals surface area contributed by atoms with Gasteiger partial charge in [-0.25, -0.2) is 0 Å². The summed E-state index contributed by atoms with van der Waals surface area (Å²) in [6.45, 7) is 3.59. The molecule has 0 radical (unpaired) electrons. The largest absolute Gasteiger partial charge is 0.496 e. The van der Waals surface area contributed by atoms with E-state index in [1.165, 1.54) is 5.56 Å². The predicted octanol–water partition coefficient (Wildman–Crippen LogP) is 2.43. The quantitative estimate of drug-likeness (QED) is 0.875. The summed E-state index contributed by atoms with van der Waals surface area (Å²) >= 11 is 0. The van der Waals surface area contributed by atoms with E-state index in [1.54, 1.807) is 7.11 Å². The molecule has 1 fully saturated rings. The van der Waals surface area contributed by atoms with E-state index in [1.807, 2.05) is 6.07 Å². The third-order valence-electron chi connectivity index (χ3n) is 3.49. The van der Waals surface area contributed by atoms with Crippen molar-refractivity contribution in [2.24, 2.45) is 11.7 Å². The van der Waals surface area contributed by atoms with E-state index < -0.39 is 0 Å². The molecule has 3 heteroatoms. The van der Waals surface area contributed by atoms with E-state index in [2.05, 4.69) is 19.1 Å². The molecular weight excluding hydrogens is 214 g/mol. The Labute approximate surface area is 103 Å². The van der Waals surface area contributed by atoms with Crippen LogP contribution in [0.2, 0.25) is 0 Å². The Morgan fingerprint density at radius 2 is 2.29 bits per heavy atom. The molecule has 17 heavy (non-hydrogen) atoms. The molecular formula is C14H21NO2. The Morgan fingerprint density at radius 3 is 2.94 bits per heavy atom. The summed E-state index contributed by atoms with van der Waals surface area (Å²) < 4.78 is 11.2. The van der Waals surface area contributed by atoms with Crippen LogP contribution in [-0.2, 0) is 4.74 Å². The predicted molar refractivity (Wildman–Crippen MR) is 68.2 cm³/mol. The number of aryl methyl sites for hydroxylation is 1. The lowest BCUT2D eigenvalue weighted by molar-refractivity contribution is -0.0252. The molecule has 2 unspecified atom stereocenters. The van der Waals surface area contributed by atoms with Gasteiger partial charge >= 0.3 is 0 Å². The van der Waals surface area contributed by atoms with Crippen LogP contribution in [0.4, 0.5) is 0 Å². The van der Waals surface area contributed by atoms with Crippen molar-refractivity contribution in [2.75, 3.05) is 20.3 Å². The average molecular weight is 235 g/mol.